The minimum Gasteiger partial charge on any atom is -0.493 e. The Labute approximate surface area is 164 Å². The van der Waals surface area contributed by atoms with E-state index in [0.29, 0.717) is 5.92 Å². The number of methoxy groups -OCH3 is 2. The lowest BCUT2D eigenvalue weighted by atomic mass is 9.97. The number of nitrogens with zero attached hydrogens (tertiary/aromatic N) is 2. The van der Waals surface area contributed by atoms with E-state index in [0.717, 1.165) is 36.6 Å². The summed E-state index contributed by atoms with van der Waals surface area (Å²) in [6.45, 7) is 5.28. The maximum Gasteiger partial charge on any atom is 0.161 e. The molecule has 1 aliphatic rings. The number of rotatable bonds is 5. The van der Waals surface area contributed by atoms with Crippen LogP contribution in [0.4, 0.5) is 0 Å². The number of aromatic nitrogens is 1. The largest absolute Gasteiger partial charge is 0.493 e. The molecule has 0 saturated carbocycles. The number of hydrogen-bond acceptors (Lipinski definition) is 5. The average molecular weight is 383 g/mol. The highest BCUT2D eigenvalue weighted by molar-refractivity contribution is 7.18. The van der Waals surface area contributed by atoms with Crippen LogP contribution in [-0.2, 0) is 6.54 Å². The first-order valence-corrected chi connectivity index (χ1v) is 10.3. The van der Waals surface area contributed by atoms with Crippen LogP contribution in [0.3, 0.4) is 0 Å². The van der Waals surface area contributed by atoms with Gasteiger partial charge in [0.1, 0.15) is 0 Å². The highest BCUT2D eigenvalue weighted by atomic mass is 32.1. The van der Waals surface area contributed by atoms with Crippen molar-refractivity contribution in [1.82, 2.24) is 9.88 Å². The molecule has 4 nitrogen and oxygen atoms in total. The van der Waals surface area contributed by atoms with E-state index in [-0.39, 0.29) is 0 Å². The normalized spacial score (nSPS) is 18.0. The molecule has 1 fully saturated rings. The van der Waals surface area contributed by atoms with Gasteiger partial charge in [0, 0.05) is 19.0 Å². The Morgan fingerprint density at radius 2 is 1.93 bits per heavy atom. The highest BCUT2D eigenvalue weighted by Gasteiger charge is 2.24. The lowest BCUT2D eigenvalue weighted by Gasteiger charge is -2.32. The van der Waals surface area contributed by atoms with Crippen LogP contribution in [0, 0.1) is 6.92 Å². The summed E-state index contributed by atoms with van der Waals surface area (Å²) in [5.41, 5.74) is 3.68. The van der Waals surface area contributed by atoms with Gasteiger partial charge in [-0.25, -0.2) is 4.98 Å². The molecule has 1 aromatic heterocycles. The van der Waals surface area contributed by atoms with Crippen molar-refractivity contribution < 1.29 is 9.47 Å². The molecule has 0 unspecified atom stereocenters. The fraction of sp³-hybridized carbons (Fsp3) is 0.409. The fourth-order valence-electron chi connectivity index (χ4n) is 3.90. The van der Waals surface area contributed by atoms with Gasteiger partial charge in [0.15, 0.2) is 11.5 Å². The Kier molecular flexibility index (Phi) is 5.32. The topological polar surface area (TPSA) is 34.6 Å². The van der Waals surface area contributed by atoms with Crippen molar-refractivity contribution >= 4 is 21.6 Å². The number of para-hydroxylation sites is 1. The first-order chi connectivity index (χ1) is 13.2. The molecule has 0 spiro atoms. The maximum absolute atomic E-state index is 5.49. The van der Waals surface area contributed by atoms with Crippen molar-refractivity contribution in [2.75, 3.05) is 27.3 Å². The van der Waals surface area contributed by atoms with Gasteiger partial charge in [-0.1, -0.05) is 12.1 Å². The zero-order valence-corrected chi connectivity index (χ0v) is 17.0. The van der Waals surface area contributed by atoms with Gasteiger partial charge < -0.3 is 9.47 Å². The number of fused-ring (bicyclic) bond motifs is 1. The molecule has 0 N–H and O–H groups in total. The summed E-state index contributed by atoms with van der Waals surface area (Å²) in [6.07, 6.45) is 2.44. The van der Waals surface area contributed by atoms with Crippen LogP contribution in [-0.4, -0.2) is 37.2 Å². The van der Waals surface area contributed by atoms with Gasteiger partial charge in [-0.2, -0.15) is 0 Å². The number of likely N-dealkylation sites (tertiary alicyclic amines) is 1. The SMILES string of the molecule is COc1cc(C)c(CN2CCC[C@H](c3nc4ccccc4s3)C2)cc1OC. The number of aryl methyl sites for hydroxylation is 1. The Bertz CT molecular complexity index is 904. The average Bonchev–Trinajstić information content (AvgIpc) is 3.14. The van der Waals surface area contributed by atoms with Gasteiger partial charge in [-0.15, -0.1) is 11.3 Å². The van der Waals surface area contributed by atoms with Crippen LogP contribution in [0.15, 0.2) is 36.4 Å². The molecule has 4 rings (SSSR count). The number of piperidine rings is 1. The van der Waals surface area contributed by atoms with Crippen LogP contribution in [0.2, 0.25) is 0 Å². The third-order valence-corrected chi connectivity index (χ3v) is 6.60. The molecular weight excluding hydrogens is 356 g/mol. The van der Waals surface area contributed by atoms with Crippen LogP contribution in [0.25, 0.3) is 10.2 Å². The summed E-state index contributed by atoms with van der Waals surface area (Å²) in [6, 6.07) is 12.6. The Morgan fingerprint density at radius 3 is 2.70 bits per heavy atom. The van der Waals surface area contributed by atoms with E-state index in [9.17, 15) is 0 Å². The second-order valence-electron chi connectivity index (χ2n) is 7.23. The zero-order valence-electron chi connectivity index (χ0n) is 16.2. The van der Waals surface area contributed by atoms with Gasteiger partial charge in [0.25, 0.3) is 0 Å². The molecule has 0 radical (unpaired) electrons. The van der Waals surface area contributed by atoms with Crippen molar-refractivity contribution in [2.24, 2.45) is 0 Å². The molecule has 2 heterocycles. The van der Waals surface area contributed by atoms with E-state index in [1.165, 1.54) is 33.7 Å². The van der Waals surface area contributed by atoms with Gasteiger partial charge in [-0.05, 0) is 61.7 Å². The van der Waals surface area contributed by atoms with Gasteiger partial charge in [0.05, 0.1) is 29.4 Å². The zero-order chi connectivity index (χ0) is 18.8. The molecule has 1 saturated heterocycles. The number of thiazole rings is 1. The summed E-state index contributed by atoms with van der Waals surface area (Å²) >= 11 is 1.85. The molecule has 0 bridgehead atoms. The molecule has 1 aliphatic heterocycles. The molecule has 1 atom stereocenters. The number of benzene rings is 2. The molecule has 2 aromatic carbocycles. The first kappa shape index (κ1) is 18.3. The summed E-state index contributed by atoms with van der Waals surface area (Å²) in [5.74, 6) is 2.12. The minimum atomic E-state index is 0.525. The molecule has 3 aromatic rings. The van der Waals surface area contributed by atoms with E-state index in [1.54, 1.807) is 14.2 Å². The van der Waals surface area contributed by atoms with E-state index in [2.05, 4.69) is 48.2 Å². The fourth-order valence-corrected chi connectivity index (χ4v) is 4.99. The third kappa shape index (κ3) is 3.80. The van der Waals surface area contributed by atoms with Crippen LogP contribution >= 0.6 is 11.3 Å². The predicted molar refractivity (Wildman–Crippen MR) is 111 cm³/mol. The molecule has 0 amide bonds. The predicted octanol–water partition coefficient (Wildman–Crippen LogP) is 5.00. The highest BCUT2D eigenvalue weighted by Crippen LogP contribution is 2.35. The molecular formula is C22H26N2O2S. The summed E-state index contributed by atoms with van der Waals surface area (Å²) < 4.78 is 12.2. The standard InChI is InChI=1S/C22H26N2O2S/c1-15-11-19(25-2)20(26-3)12-17(15)14-24-10-6-7-16(13-24)22-23-18-8-4-5-9-21(18)27-22/h4-5,8-9,11-12,16H,6-7,10,13-14H2,1-3H3/t16-/m0/s1. The lowest BCUT2D eigenvalue weighted by Crippen LogP contribution is -2.34. The summed E-state index contributed by atoms with van der Waals surface area (Å²) in [7, 11) is 3.38. The van der Waals surface area contributed by atoms with Crippen molar-refractivity contribution in [3.63, 3.8) is 0 Å². The van der Waals surface area contributed by atoms with Gasteiger partial charge in [-0.3, -0.25) is 4.90 Å². The molecule has 27 heavy (non-hydrogen) atoms. The van der Waals surface area contributed by atoms with Crippen molar-refractivity contribution in [3.05, 3.63) is 52.5 Å². The van der Waals surface area contributed by atoms with Crippen LogP contribution in [0.5, 0.6) is 11.5 Å². The second-order valence-corrected chi connectivity index (χ2v) is 8.29. The summed E-state index contributed by atoms with van der Waals surface area (Å²) in [4.78, 5) is 7.45. The maximum atomic E-state index is 5.49. The molecule has 0 aliphatic carbocycles. The Balaban J connectivity index is 1.52. The minimum absolute atomic E-state index is 0.525. The Morgan fingerprint density at radius 1 is 1.15 bits per heavy atom. The van der Waals surface area contributed by atoms with E-state index in [4.69, 9.17) is 14.5 Å². The van der Waals surface area contributed by atoms with Crippen molar-refractivity contribution in [3.8, 4) is 11.5 Å². The second kappa shape index (κ2) is 7.87. The molecule has 142 valence electrons. The quantitative estimate of drug-likeness (QED) is 0.622. The monoisotopic (exact) mass is 382 g/mol. The number of hydrogen-bond donors (Lipinski definition) is 0. The van der Waals surface area contributed by atoms with Gasteiger partial charge in [0.2, 0.25) is 0 Å². The Hall–Kier alpha value is -2.11. The third-order valence-electron chi connectivity index (χ3n) is 5.40. The van der Waals surface area contributed by atoms with Crippen molar-refractivity contribution in [1.29, 1.82) is 0 Å². The number of ether oxygens (including phenoxy) is 2. The summed E-state index contributed by atoms with van der Waals surface area (Å²) in [5, 5.41) is 1.28. The van der Waals surface area contributed by atoms with Gasteiger partial charge >= 0.3 is 0 Å². The van der Waals surface area contributed by atoms with E-state index in [1.807, 2.05) is 11.3 Å². The van der Waals surface area contributed by atoms with E-state index < -0.39 is 0 Å². The smallest absolute Gasteiger partial charge is 0.161 e. The van der Waals surface area contributed by atoms with Crippen LogP contribution in [0.1, 0.15) is 34.9 Å². The van der Waals surface area contributed by atoms with Crippen molar-refractivity contribution in [2.45, 2.75) is 32.2 Å². The van der Waals surface area contributed by atoms with E-state index >= 15 is 0 Å². The first-order valence-electron chi connectivity index (χ1n) is 9.47. The molecule has 5 heteroatoms. The van der Waals surface area contributed by atoms with Crippen LogP contribution < -0.4 is 9.47 Å². The lowest BCUT2D eigenvalue weighted by molar-refractivity contribution is 0.199.